The van der Waals surface area contributed by atoms with Gasteiger partial charge < -0.3 is 9.13 Å². The highest BCUT2D eigenvalue weighted by Crippen LogP contribution is 2.45. The van der Waals surface area contributed by atoms with Crippen LogP contribution in [0, 0.1) is 0 Å². The molecule has 8 aromatic carbocycles. The molecular weight excluding hydrogens is 637 g/mol. The van der Waals surface area contributed by atoms with E-state index in [0.29, 0.717) is 0 Å². The molecule has 0 amide bonds. The summed E-state index contributed by atoms with van der Waals surface area (Å²) < 4.78 is 7.64. The van der Waals surface area contributed by atoms with Gasteiger partial charge in [0, 0.05) is 47.4 Å². The van der Waals surface area contributed by atoms with Gasteiger partial charge in [0.1, 0.15) is 0 Å². The number of benzene rings is 8. The maximum absolute atomic E-state index is 2.54. The third-order valence-electron chi connectivity index (χ3n) is 10.5. The van der Waals surface area contributed by atoms with Gasteiger partial charge >= 0.3 is 0 Å². The molecule has 0 spiro atoms. The van der Waals surface area contributed by atoms with Crippen molar-refractivity contribution in [2.75, 3.05) is 0 Å². The normalized spacial score (nSPS) is 11.9. The number of thiophene rings is 1. The lowest BCUT2D eigenvalue weighted by atomic mass is 9.98. The maximum atomic E-state index is 2.54. The van der Waals surface area contributed by atoms with Crippen LogP contribution in [0.5, 0.6) is 0 Å². The Kier molecular flexibility index (Phi) is 6.16. The fourth-order valence-corrected chi connectivity index (χ4v) is 9.44. The number of rotatable bonds is 4. The second-order valence-corrected chi connectivity index (χ2v) is 14.4. The van der Waals surface area contributed by atoms with E-state index >= 15 is 0 Å². The SMILES string of the molecule is c1ccc(-c2cc(-c3ccccc3)cc(-n3c4ccccc4c4c3ccc3c5ccccc5n(-c5cccc6sc7ccccc7c56)c34)c2)cc1. The zero-order valence-electron chi connectivity index (χ0n) is 27.6. The van der Waals surface area contributed by atoms with E-state index in [9.17, 15) is 0 Å². The van der Waals surface area contributed by atoms with E-state index in [1.54, 1.807) is 0 Å². The number of aromatic nitrogens is 2. The minimum Gasteiger partial charge on any atom is -0.309 e. The molecule has 3 aromatic heterocycles. The molecule has 0 saturated heterocycles. The highest BCUT2D eigenvalue weighted by atomic mass is 32.1. The summed E-state index contributed by atoms with van der Waals surface area (Å²) in [5.74, 6) is 0. The van der Waals surface area contributed by atoms with Crippen LogP contribution in [-0.4, -0.2) is 9.13 Å². The highest BCUT2D eigenvalue weighted by molar-refractivity contribution is 7.25. The van der Waals surface area contributed by atoms with Gasteiger partial charge in [0.25, 0.3) is 0 Å². The van der Waals surface area contributed by atoms with Crippen LogP contribution in [0.4, 0.5) is 0 Å². The molecule has 0 radical (unpaired) electrons. The Bertz CT molecular complexity index is 3070. The molecular formula is C48H30N2S. The summed E-state index contributed by atoms with van der Waals surface area (Å²) in [4.78, 5) is 0. The van der Waals surface area contributed by atoms with Gasteiger partial charge in [-0.3, -0.25) is 0 Å². The average molecular weight is 667 g/mol. The van der Waals surface area contributed by atoms with E-state index in [2.05, 4.69) is 191 Å². The summed E-state index contributed by atoms with van der Waals surface area (Å²) >= 11 is 1.87. The first-order valence-corrected chi connectivity index (χ1v) is 18.3. The van der Waals surface area contributed by atoms with Crippen molar-refractivity contribution in [1.82, 2.24) is 9.13 Å². The van der Waals surface area contributed by atoms with Crippen molar-refractivity contribution in [3.8, 4) is 33.6 Å². The van der Waals surface area contributed by atoms with E-state index < -0.39 is 0 Å². The van der Waals surface area contributed by atoms with Crippen LogP contribution in [0.1, 0.15) is 0 Å². The smallest absolute Gasteiger partial charge is 0.0641 e. The maximum Gasteiger partial charge on any atom is 0.0641 e. The van der Waals surface area contributed by atoms with Gasteiger partial charge in [0.05, 0.1) is 27.8 Å². The molecule has 11 aromatic rings. The minimum atomic E-state index is 1.15. The zero-order chi connectivity index (χ0) is 33.5. The summed E-state index contributed by atoms with van der Waals surface area (Å²) in [6, 6.07) is 66.6. The third kappa shape index (κ3) is 4.22. The topological polar surface area (TPSA) is 9.86 Å². The Labute approximate surface area is 298 Å². The second kappa shape index (κ2) is 11.0. The predicted molar refractivity (Wildman–Crippen MR) is 219 cm³/mol. The highest BCUT2D eigenvalue weighted by Gasteiger charge is 2.23. The lowest BCUT2D eigenvalue weighted by molar-refractivity contribution is 1.18. The van der Waals surface area contributed by atoms with Crippen LogP contribution >= 0.6 is 11.3 Å². The standard InChI is InChI=1S/C48H30N2S/c1-3-14-31(15-4-1)33-28-34(32-16-5-2-6-17-32)30-35(29-33)49-41-22-11-8-19-38(41)47-43(49)27-26-37-36-18-7-10-21-40(36)50(48(37)47)42-23-13-25-45-46(42)39-20-9-12-24-44(39)51-45/h1-30H. The largest absolute Gasteiger partial charge is 0.309 e. The summed E-state index contributed by atoms with van der Waals surface area (Å²) in [5, 5.41) is 7.66. The molecule has 0 N–H and O–H groups in total. The first-order chi connectivity index (χ1) is 25.3. The van der Waals surface area contributed by atoms with Crippen molar-refractivity contribution in [3.05, 3.63) is 182 Å². The average Bonchev–Trinajstić information content (AvgIpc) is 3.86. The minimum absolute atomic E-state index is 1.15. The number of para-hydroxylation sites is 2. The fraction of sp³-hybridized carbons (Fsp3) is 0. The zero-order valence-corrected chi connectivity index (χ0v) is 28.4. The van der Waals surface area contributed by atoms with E-state index in [-0.39, 0.29) is 0 Å². The molecule has 0 unspecified atom stereocenters. The molecule has 11 rings (SSSR count). The molecule has 3 heteroatoms. The van der Waals surface area contributed by atoms with E-state index in [0.717, 1.165) is 5.69 Å². The van der Waals surface area contributed by atoms with Crippen LogP contribution in [0.25, 0.3) is 97.4 Å². The quantitative estimate of drug-likeness (QED) is 0.177. The number of hydrogen-bond donors (Lipinski definition) is 0. The molecule has 2 nitrogen and oxygen atoms in total. The first kappa shape index (κ1) is 28.4. The molecule has 0 saturated carbocycles. The van der Waals surface area contributed by atoms with Crippen molar-refractivity contribution in [1.29, 1.82) is 0 Å². The Morgan fingerprint density at radius 1 is 0.333 bits per heavy atom. The first-order valence-electron chi connectivity index (χ1n) is 17.4. The number of nitrogens with zero attached hydrogens (tertiary/aromatic N) is 2. The third-order valence-corrected chi connectivity index (χ3v) is 11.6. The summed E-state index contributed by atoms with van der Waals surface area (Å²) in [6.07, 6.45) is 0. The molecule has 0 aliphatic carbocycles. The Balaban J connectivity index is 1.29. The summed E-state index contributed by atoms with van der Waals surface area (Å²) in [7, 11) is 0. The summed E-state index contributed by atoms with van der Waals surface area (Å²) in [6.45, 7) is 0. The Morgan fingerprint density at radius 2 is 0.922 bits per heavy atom. The van der Waals surface area contributed by atoms with Crippen molar-refractivity contribution < 1.29 is 0 Å². The molecule has 0 fully saturated rings. The molecule has 51 heavy (non-hydrogen) atoms. The van der Waals surface area contributed by atoms with Crippen molar-refractivity contribution in [2.45, 2.75) is 0 Å². The van der Waals surface area contributed by atoms with Crippen LogP contribution in [0.3, 0.4) is 0 Å². The molecule has 238 valence electrons. The van der Waals surface area contributed by atoms with Crippen LogP contribution in [0.2, 0.25) is 0 Å². The fourth-order valence-electron chi connectivity index (χ4n) is 8.31. The van der Waals surface area contributed by atoms with E-state index in [1.807, 2.05) is 11.3 Å². The monoisotopic (exact) mass is 666 g/mol. The van der Waals surface area contributed by atoms with Gasteiger partial charge in [0.2, 0.25) is 0 Å². The van der Waals surface area contributed by atoms with Gasteiger partial charge in [-0.15, -0.1) is 11.3 Å². The lowest BCUT2D eigenvalue weighted by Crippen LogP contribution is -1.97. The second-order valence-electron chi connectivity index (χ2n) is 13.3. The van der Waals surface area contributed by atoms with Crippen molar-refractivity contribution in [2.24, 2.45) is 0 Å². The van der Waals surface area contributed by atoms with Gasteiger partial charge in [-0.25, -0.2) is 0 Å². The van der Waals surface area contributed by atoms with Gasteiger partial charge in [-0.05, 0) is 76.9 Å². The Hall–Kier alpha value is -6.42. The molecule has 0 atom stereocenters. The lowest BCUT2D eigenvalue weighted by Gasteiger charge is -2.14. The van der Waals surface area contributed by atoms with Crippen molar-refractivity contribution >= 4 is 75.1 Å². The van der Waals surface area contributed by atoms with Gasteiger partial charge in [0.15, 0.2) is 0 Å². The molecule has 0 aliphatic rings. The van der Waals surface area contributed by atoms with Crippen LogP contribution in [-0.2, 0) is 0 Å². The molecule has 3 heterocycles. The van der Waals surface area contributed by atoms with E-state index in [4.69, 9.17) is 0 Å². The summed E-state index contributed by atoms with van der Waals surface area (Å²) in [5.41, 5.74) is 12.0. The van der Waals surface area contributed by atoms with Gasteiger partial charge in [-0.2, -0.15) is 0 Å². The van der Waals surface area contributed by atoms with Crippen molar-refractivity contribution in [3.63, 3.8) is 0 Å². The Morgan fingerprint density at radius 3 is 1.65 bits per heavy atom. The van der Waals surface area contributed by atoms with Crippen LogP contribution < -0.4 is 0 Å². The molecule has 0 bridgehead atoms. The van der Waals surface area contributed by atoms with E-state index in [1.165, 1.54) is 91.7 Å². The molecule has 0 aliphatic heterocycles. The number of hydrogen-bond acceptors (Lipinski definition) is 1. The van der Waals surface area contributed by atoms with Gasteiger partial charge in [-0.1, -0.05) is 127 Å². The van der Waals surface area contributed by atoms with Crippen LogP contribution in [0.15, 0.2) is 182 Å². The number of fused-ring (bicyclic) bond motifs is 10. The predicted octanol–water partition coefficient (Wildman–Crippen LogP) is 13.6.